The number of aromatic nitrogens is 2. The number of nitrogens with one attached hydrogen (secondary N) is 2. The Morgan fingerprint density at radius 3 is 2.31 bits per heavy atom. The van der Waals surface area contributed by atoms with E-state index in [-0.39, 0.29) is 46.2 Å². The maximum Gasteiger partial charge on any atom is 0.408 e. The summed E-state index contributed by atoms with van der Waals surface area (Å²) in [7, 11) is 0. The highest BCUT2D eigenvalue weighted by atomic mass is 32.1. The van der Waals surface area contributed by atoms with Gasteiger partial charge in [0.25, 0.3) is 18.2 Å². The Morgan fingerprint density at radius 1 is 1.18 bits per heavy atom. The SMILES string of the molecule is CC[C@H](Nc1cc(C(F)F)c(-c2sc(C(=O)NCC(C)(C)O)nc2C(=O)N2[C@H]3CC[C@H]2CC3)cn1)C(F)(F)F. The van der Waals surface area contributed by atoms with E-state index in [9.17, 15) is 36.6 Å². The van der Waals surface area contributed by atoms with Crippen molar-refractivity contribution in [2.75, 3.05) is 11.9 Å². The van der Waals surface area contributed by atoms with E-state index in [0.29, 0.717) is 11.3 Å². The summed E-state index contributed by atoms with van der Waals surface area (Å²) >= 11 is 0.715. The molecule has 0 aliphatic carbocycles. The number of alkyl halides is 5. The zero-order valence-electron chi connectivity index (χ0n) is 21.6. The number of pyridine rings is 1. The predicted octanol–water partition coefficient (Wildman–Crippen LogP) is 5.16. The van der Waals surface area contributed by atoms with Crippen molar-refractivity contribution >= 4 is 29.0 Å². The summed E-state index contributed by atoms with van der Waals surface area (Å²) < 4.78 is 68.2. The molecule has 4 heterocycles. The fourth-order valence-electron chi connectivity index (χ4n) is 5.00. The Hall–Kier alpha value is -2.87. The van der Waals surface area contributed by atoms with Crippen molar-refractivity contribution in [3.63, 3.8) is 0 Å². The molecular weight excluding hydrogens is 545 g/mol. The lowest BCUT2D eigenvalue weighted by Gasteiger charge is -2.22. The van der Waals surface area contributed by atoms with Crippen molar-refractivity contribution in [1.82, 2.24) is 20.2 Å². The van der Waals surface area contributed by atoms with Crippen molar-refractivity contribution in [2.24, 2.45) is 0 Å². The molecule has 0 aromatic carbocycles. The van der Waals surface area contributed by atoms with Crippen LogP contribution in [0.15, 0.2) is 12.3 Å². The summed E-state index contributed by atoms with van der Waals surface area (Å²) in [5, 5.41) is 14.4. The van der Waals surface area contributed by atoms with Crippen molar-refractivity contribution in [3.05, 3.63) is 28.5 Å². The molecular formula is C25H30F5N5O3S. The summed E-state index contributed by atoms with van der Waals surface area (Å²) in [5.41, 5.74) is -2.25. The number of amides is 2. The van der Waals surface area contributed by atoms with E-state index in [4.69, 9.17) is 0 Å². The number of fused-ring (bicyclic) bond motifs is 2. The normalized spacial score (nSPS) is 20.0. The topological polar surface area (TPSA) is 107 Å². The van der Waals surface area contributed by atoms with Gasteiger partial charge in [-0.05, 0) is 52.0 Å². The number of anilines is 1. The van der Waals surface area contributed by atoms with Gasteiger partial charge in [0.1, 0.15) is 17.6 Å². The zero-order chi connectivity index (χ0) is 28.7. The Balaban J connectivity index is 1.76. The van der Waals surface area contributed by atoms with Crippen LogP contribution in [0.25, 0.3) is 10.4 Å². The molecule has 2 saturated heterocycles. The fraction of sp³-hybridized carbons (Fsp3) is 0.600. The fourth-order valence-corrected chi connectivity index (χ4v) is 6.00. The first-order valence-electron chi connectivity index (χ1n) is 12.7. The molecule has 2 amide bonds. The van der Waals surface area contributed by atoms with Crippen molar-refractivity contribution in [1.29, 1.82) is 0 Å². The van der Waals surface area contributed by atoms with Gasteiger partial charge in [0.2, 0.25) is 0 Å². The summed E-state index contributed by atoms with van der Waals surface area (Å²) in [6.07, 6.45) is -3.82. The maximum absolute atomic E-state index is 14.2. The minimum atomic E-state index is -4.61. The number of carbonyl (C=O) groups is 2. The number of hydrogen-bond acceptors (Lipinski definition) is 7. The third kappa shape index (κ3) is 6.32. The Labute approximate surface area is 226 Å². The van der Waals surface area contributed by atoms with Gasteiger partial charge >= 0.3 is 6.18 Å². The zero-order valence-corrected chi connectivity index (χ0v) is 22.4. The first kappa shape index (κ1) is 29.1. The maximum atomic E-state index is 14.2. The van der Waals surface area contributed by atoms with Gasteiger partial charge in [0.05, 0.1) is 10.5 Å². The standard InChI is InChI=1S/C25H30F5N5O3S/c1-4-16(25(28,29)30)33-17-9-14(20(26)27)15(10-31-17)19-18(23(37)35-12-5-6-13(35)8-7-12)34-22(39-19)21(36)32-11-24(2,3)38/h9-10,12-13,16,20,38H,4-8,11H2,1-3H3,(H,31,33)(H,32,36)/t12-,13-,16-/m0/s1. The molecule has 8 nitrogen and oxygen atoms in total. The number of halogens is 5. The van der Waals surface area contributed by atoms with E-state index in [2.05, 4.69) is 20.6 Å². The molecule has 4 rings (SSSR count). The predicted molar refractivity (Wildman–Crippen MR) is 135 cm³/mol. The smallest absolute Gasteiger partial charge is 0.389 e. The monoisotopic (exact) mass is 575 g/mol. The number of rotatable bonds is 9. The first-order chi connectivity index (χ1) is 18.2. The van der Waals surface area contributed by atoms with Gasteiger partial charge in [-0.15, -0.1) is 11.3 Å². The molecule has 2 bridgehead atoms. The lowest BCUT2D eigenvalue weighted by Crippen LogP contribution is -2.38. The summed E-state index contributed by atoms with van der Waals surface area (Å²) in [5.74, 6) is -1.58. The summed E-state index contributed by atoms with van der Waals surface area (Å²) in [6, 6.07) is -1.16. The van der Waals surface area contributed by atoms with Gasteiger partial charge in [-0.25, -0.2) is 18.7 Å². The molecule has 1 atom stereocenters. The van der Waals surface area contributed by atoms with Crippen molar-refractivity contribution < 1.29 is 36.6 Å². The minimum Gasteiger partial charge on any atom is -0.389 e. The van der Waals surface area contributed by atoms with Crippen molar-refractivity contribution in [3.8, 4) is 10.4 Å². The van der Waals surface area contributed by atoms with E-state index < -0.39 is 47.4 Å². The summed E-state index contributed by atoms with van der Waals surface area (Å²) in [4.78, 5) is 36.3. The van der Waals surface area contributed by atoms with Gasteiger partial charge in [-0.1, -0.05) is 6.92 Å². The Morgan fingerprint density at radius 2 is 1.79 bits per heavy atom. The third-order valence-electron chi connectivity index (χ3n) is 6.93. The molecule has 14 heteroatoms. The average Bonchev–Trinajstić information content (AvgIpc) is 3.58. The Bertz CT molecular complexity index is 1210. The Kier molecular flexibility index (Phi) is 8.18. The number of carbonyl (C=O) groups excluding carboxylic acids is 2. The molecule has 0 unspecified atom stereocenters. The van der Waals surface area contributed by atoms with E-state index in [1.165, 1.54) is 20.8 Å². The van der Waals surface area contributed by atoms with E-state index in [1.54, 1.807) is 4.90 Å². The highest BCUT2D eigenvalue weighted by Gasteiger charge is 2.44. The van der Waals surface area contributed by atoms with Crippen LogP contribution < -0.4 is 10.6 Å². The van der Waals surface area contributed by atoms with E-state index >= 15 is 0 Å². The van der Waals surface area contributed by atoms with E-state index in [0.717, 1.165) is 37.9 Å². The number of thiazole rings is 1. The van der Waals surface area contributed by atoms with Crippen LogP contribution in [0.2, 0.25) is 0 Å². The molecule has 0 saturated carbocycles. The van der Waals surface area contributed by atoms with Crippen LogP contribution in [0.1, 0.15) is 85.2 Å². The second-order valence-electron chi connectivity index (χ2n) is 10.5. The highest BCUT2D eigenvalue weighted by molar-refractivity contribution is 7.17. The molecule has 0 radical (unpaired) electrons. The van der Waals surface area contributed by atoms with Gasteiger partial charge in [0, 0.05) is 36.0 Å². The quantitative estimate of drug-likeness (QED) is 0.357. The molecule has 39 heavy (non-hydrogen) atoms. The molecule has 2 fully saturated rings. The number of nitrogens with zero attached hydrogens (tertiary/aromatic N) is 3. The molecule has 2 aliphatic heterocycles. The lowest BCUT2D eigenvalue weighted by molar-refractivity contribution is -0.142. The van der Waals surface area contributed by atoms with Gasteiger partial charge in [-0.3, -0.25) is 9.59 Å². The van der Waals surface area contributed by atoms with Crippen LogP contribution in [-0.4, -0.2) is 68.2 Å². The van der Waals surface area contributed by atoms with Gasteiger partial charge in [-0.2, -0.15) is 13.2 Å². The van der Waals surface area contributed by atoms with Crippen LogP contribution in [0, 0.1) is 0 Å². The van der Waals surface area contributed by atoms with Crippen LogP contribution in [0.3, 0.4) is 0 Å². The minimum absolute atomic E-state index is 0.00266. The molecule has 0 spiro atoms. The van der Waals surface area contributed by atoms with Gasteiger partial charge in [0.15, 0.2) is 5.01 Å². The van der Waals surface area contributed by atoms with Crippen LogP contribution in [0.5, 0.6) is 0 Å². The van der Waals surface area contributed by atoms with Crippen LogP contribution >= 0.6 is 11.3 Å². The molecule has 3 N–H and O–H groups in total. The number of hydrogen-bond donors (Lipinski definition) is 3. The summed E-state index contributed by atoms with van der Waals surface area (Å²) in [6.45, 7) is 4.15. The van der Waals surface area contributed by atoms with Crippen molar-refractivity contribution in [2.45, 2.75) is 89.2 Å². The number of aliphatic hydroxyl groups is 1. The highest BCUT2D eigenvalue weighted by Crippen LogP contribution is 2.42. The van der Waals surface area contributed by atoms with Crippen LogP contribution in [0.4, 0.5) is 27.8 Å². The molecule has 2 aromatic heterocycles. The average molecular weight is 576 g/mol. The molecule has 2 aliphatic rings. The second-order valence-corrected chi connectivity index (χ2v) is 11.5. The van der Waals surface area contributed by atoms with Crippen LogP contribution in [-0.2, 0) is 0 Å². The lowest BCUT2D eigenvalue weighted by atomic mass is 10.0. The van der Waals surface area contributed by atoms with E-state index in [1.807, 2.05) is 0 Å². The molecule has 2 aromatic rings. The first-order valence-corrected chi connectivity index (χ1v) is 13.5. The largest absolute Gasteiger partial charge is 0.408 e. The second kappa shape index (κ2) is 11.0. The molecule has 214 valence electrons. The third-order valence-corrected chi connectivity index (χ3v) is 8.02. The van der Waals surface area contributed by atoms with Gasteiger partial charge < -0.3 is 20.6 Å².